The Morgan fingerprint density at radius 1 is 1.16 bits per heavy atom. The number of alkyl halides is 3. The number of aromatic amines is 1. The van der Waals surface area contributed by atoms with E-state index in [-0.39, 0.29) is 23.5 Å². The summed E-state index contributed by atoms with van der Waals surface area (Å²) in [5.74, 6) is 0.365. The topological polar surface area (TPSA) is 68.7 Å². The minimum absolute atomic E-state index is 0.0272. The smallest absolute Gasteiger partial charge is 0.425 e. The number of nitrogens with zero attached hydrogens (tertiary/aromatic N) is 2. The molecule has 0 radical (unpaired) electrons. The highest BCUT2D eigenvalue weighted by atomic mass is 19.4. The number of hydrogen-bond donors (Lipinski definition) is 1. The Balaban J connectivity index is 1.57. The molecule has 0 saturated carbocycles. The molecular weight excluding hydrogens is 423 g/mol. The predicted octanol–water partition coefficient (Wildman–Crippen LogP) is 5.79. The van der Waals surface area contributed by atoms with Crippen LogP contribution in [-0.4, -0.2) is 35.1 Å². The molecule has 0 bridgehead atoms. The van der Waals surface area contributed by atoms with Crippen LogP contribution in [0.3, 0.4) is 0 Å². The van der Waals surface area contributed by atoms with Crippen LogP contribution in [0.15, 0.2) is 47.9 Å². The van der Waals surface area contributed by atoms with Gasteiger partial charge in [-0.3, -0.25) is 0 Å². The van der Waals surface area contributed by atoms with E-state index in [1.165, 1.54) is 13.2 Å². The summed E-state index contributed by atoms with van der Waals surface area (Å²) < 4.78 is 49.0. The van der Waals surface area contributed by atoms with E-state index in [4.69, 9.17) is 14.3 Å². The summed E-state index contributed by atoms with van der Waals surface area (Å²) in [7, 11) is 1.39. The van der Waals surface area contributed by atoms with Crippen molar-refractivity contribution >= 4 is 16.7 Å². The van der Waals surface area contributed by atoms with Gasteiger partial charge in [0.25, 0.3) is 0 Å². The van der Waals surface area contributed by atoms with E-state index in [0.717, 1.165) is 47.6 Å². The minimum atomic E-state index is -4.47. The lowest BCUT2D eigenvalue weighted by Gasteiger charge is -2.23. The van der Waals surface area contributed by atoms with E-state index in [1.807, 2.05) is 18.2 Å². The first-order valence-corrected chi connectivity index (χ1v) is 10.3. The summed E-state index contributed by atoms with van der Waals surface area (Å²) in [5.41, 5.74) is 4.35. The molecule has 170 valence electrons. The van der Waals surface area contributed by atoms with Crippen molar-refractivity contribution in [2.75, 3.05) is 7.11 Å². The number of fused-ring (bicyclic) bond motifs is 1. The highest BCUT2D eigenvalue weighted by Crippen LogP contribution is 2.38. The lowest BCUT2D eigenvalue weighted by atomic mass is 9.91. The number of H-pyrrole nitrogens is 1. The van der Waals surface area contributed by atoms with Gasteiger partial charge in [0, 0.05) is 11.5 Å². The molecule has 0 fully saturated rings. The van der Waals surface area contributed by atoms with Gasteiger partial charge in [0.1, 0.15) is 0 Å². The molecule has 2 aromatic carbocycles. The number of imidazole rings is 1. The van der Waals surface area contributed by atoms with E-state index in [1.54, 1.807) is 18.5 Å². The van der Waals surface area contributed by atoms with Crippen LogP contribution < -0.4 is 9.47 Å². The van der Waals surface area contributed by atoms with Gasteiger partial charge in [0.15, 0.2) is 23.7 Å². The van der Waals surface area contributed by atoms with Crippen LogP contribution in [0, 0.1) is 5.92 Å². The van der Waals surface area contributed by atoms with Gasteiger partial charge in [-0.15, -0.1) is 0 Å². The Morgan fingerprint density at radius 3 is 2.72 bits per heavy atom. The number of hydrogen-bond acceptors (Lipinski definition) is 5. The van der Waals surface area contributed by atoms with Gasteiger partial charge in [-0.2, -0.15) is 13.2 Å². The van der Waals surface area contributed by atoms with E-state index in [2.05, 4.69) is 22.0 Å². The summed E-state index contributed by atoms with van der Waals surface area (Å²) in [4.78, 5) is 13.2. The highest BCUT2D eigenvalue weighted by molar-refractivity contribution is 6.02. The van der Waals surface area contributed by atoms with Gasteiger partial charge < -0.3 is 19.3 Å². The number of aromatic nitrogens is 2. The van der Waals surface area contributed by atoms with Crippen LogP contribution >= 0.6 is 0 Å². The second-order valence-corrected chi connectivity index (χ2v) is 7.93. The molecule has 2 heterocycles. The molecule has 0 spiro atoms. The Hall–Kier alpha value is -3.23. The average Bonchev–Trinajstić information content (AvgIpc) is 3.15. The number of methoxy groups -OCH3 is 1. The SMILES string of the molecule is COc1cc(C2ON=C(c3ccc4nc[nH]c4c3)CC[C@H]2C)ccc1OC(C)C(F)(F)F. The van der Waals surface area contributed by atoms with E-state index < -0.39 is 12.3 Å². The zero-order chi connectivity index (χ0) is 22.9. The van der Waals surface area contributed by atoms with Crippen LogP contribution in [0.25, 0.3) is 11.0 Å². The fourth-order valence-electron chi connectivity index (χ4n) is 3.70. The number of rotatable bonds is 5. The maximum absolute atomic E-state index is 12.9. The molecule has 3 aromatic rings. The molecule has 1 aromatic heterocycles. The molecule has 32 heavy (non-hydrogen) atoms. The summed E-state index contributed by atoms with van der Waals surface area (Å²) >= 11 is 0. The maximum atomic E-state index is 12.9. The first kappa shape index (κ1) is 22.0. The minimum Gasteiger partial charge on any atom is -0.493 e. The predicted molar refractivity (Wildman–Crippen MR) is 114 cm³/mol. The number of benzene rings is 2. The van der Waals surface area contributed by atoms with Gasteiger partial charge in [0.2, 0.25) is 0 Å². The third-order valence-corrected chi connectivity index (χ3v) is 5.66. The Bertz CT molecular complexity index is 1130. The monoisotopic (exact) mass is 447 g/mol. The van der Waals surface area contributed by atoms with Crippen LogP contribution in [0.2, 0.25) is 0 Å². The quantitative estimate of drug-likeness (QED) is 0.537. The van der Waals surface area contributed by atoms with E-state index >= 15 is 0 Å². The molecular formula is C23H24F3N3O3. The van der Waals surface area contributed by atoms with Crippen LogP contribution in [-0.2, 0) is 4.84 Å². The third-order valence-electron chi connectivity index (χ3n) is 5.66. The molecule has 1 aliphatic heterocycles. The average molecular weight is 447 g/mol. The van der Waals surface area contributed by atoms with E-state index in [9.17, 15) is 13.2 Å². The molecule has 4 rings (SSSR count). The normalized spacial score (nSPS) is 20.2. The number of oxime groups is 1. The number of ether oxygens (including phenoxy) is 2. The highest BCUT2D eigenvalue weighted by Gasteiger charge is 2.38. The van der Waals surface area contributed by atoms with Gasteiger partial charge in [-0.25, -0.2) is 4.98 Å². The fourth-order valence-corrected chi connectivity index (χ4v) is 3.70. The molecule has 2 unspecified atom stereocenters. The van der Waals surface area contributed by atoms with Crippen LogP contribution in [0.1, 0.15) is 43.9 Å². The van der Waals surface area contributed by atoms with E-state index in [0.29, 0.717) is 0 Å². The number of nitrogens with one attached hydrogen (secondary N) is 1. The second kappa shape index (κ2) is 8.72. The summed E-state index contributed by atoms with van der Waals surface area (Å²) in [6.07, 6.45) is -3.57. The maximum Gasteiger partial charge on any atom is 0.425 e. The lowest BCUT2D eigenvalue weighted by molar-refractivity contribution is -0.189. The molecule has 3 atom stereocenters. The molecule has 0 amide bonds. The Morgan fingerprint density at radius 2 is 1.97 bits per heavy atom. The van der Waals surface area contributed by atoms with Gasteiger partial charge in [-0.1, -0.05) is 24.2 Å². The Kier molecular flexibility index (Phi) is 5.99. The largest absolute Gasteiger partial charge is 0.493 e. The molecule has 1 aliphatic rings. The van der Waals surface area contributed by atoms with Crippen LogP contribution in [0.4, 0.5) is 13.2 Å². The van der Waals surface area contributed by atoms with Gasteiger partial charge in [0.05, 0.1) is 30.2 Å². The standard InChI is InChI=1S/C23H24F3N3O3/c1-13-4-7-17(15-5-8-18-19(10-15)28-12-27-18)29-32-22(13)16-6-9-20(21(11-16)30-3)31-14(2)23(24,25)26/h5-6,8-14,22H,4,7H2,1-3H3,(H,27,28)/t13-,14?,22?/m1/s1. The summed E-state index contributed by atoms with van der Waals surface area (Å²) in [5, 5.41) is 4.41. The van der Waals surface area contributed by atoms with Crippen molar-refractivity contribution in [2.45, 2.75) is 45.1 Å². The van der Waals surface area contributed by atoms with Gasteiger partial charge >= 0.3 is 6.18 Å². The van der Waals surface area contributed by atoms with Gasteiger partial charge in [-0.05, 0) is 49.6 Å². The molecule has 1 N–H and O–H groups in total. The van der Waals surface area contributed by atoms with Crippen molar-refractivity contribution in [3.05, 3.63) is 53.9 Å². The summed E-state index contributed by atoms with van der Waals surface area (Å²) in [6, 6.07) is 10.7. The number of halogens is 3. The summed E-state index contributed by atoms with van der Waals surface area (Å²) in [6.45, 7) is 3.02. The second-order valence-electron chi connectivity index (χ2n) is 7.93. The van der Waals surface area contributed by atoms with Crippen molar-refractivity contribution in [3.63, 3.8) is 0 Å². The molecule has 0 saturated heterocycles. The van der Waals surface area contributed by atoms with Crippen molar-refractivity contribution in [3.8, 4) is 11.5 Å². The van der Waals surface area contributed by atoms with Crippen molar-refractivity contribution in [1.29, 1.82) is 0 Å². The Labute approximate surface area is 183 Å². The molecule has 6 nitrogen and oxygen atoms in total. The first-order chi connectivity index (χ1) is 15.3. The van der Waals surface area contributed by atoms with Crippen LogP contribution in [0.5, 0.6) is 11.5 Å². The first-order valence-electron chi connectivity index (χ1n) is 10.3. The molecule has 0 aliphatic carbocycles. The van der Waals surface area contributed by atoms with Crippen molar-refractivity contribution < 1.29 is 27.5 Å². The zero-order valence-corrected chi connectivity index (χ0v) is 17.9. The lowest BCUT2D eigenvalue weighted by Crippen LogP contribution is -2.31. The van der Waals surface area contributed by atoms with Crippen molar-refractivity contribution in [1.82, 2.24) is 9.97 Å². The zero-order valence-electron chi connectivity index (χ0n) is 17.9. The molecule has 9 heteroatoms. The van der Waals surface area contributed by atoms with Crippen molar-refractivity contribution in [2.24, 2.45) is 11.1 Å². The third kappa shape index (κ3) is 4.51. The fraction of sp³-hybridized carbons (Fsp3) is 0.391.